The SMILES string of the molecule is Nc1ccc(C(F)(C(F)F)C(F)(F)F)cc1. The summed E-state index contributed by atoms with van der Waals surface area (Å²) in [6.45, 7) is 0. The summed E-state index contributed by atoms with van der Waals surface area (Å²) in [5, 5.41) is 0. The molecule has 2 N–H and O–H groups in total. The normalized spacial score (nSPS) is 16.2. The number of nitrogens with two attached hydrogens (primary N) is 1. The van der Waals surface area contributed by atoms with E-state index in [1.165, 1.54) is 0 Å². The molecule has 0 bridgehead atoms. The molecule has 1 atom stereocenters. The lowest BCUT2D eigenvalue weighted by atomic mass is 9.95. The number of alkyl halides is 6. The molecule has 0 amide bonds. The molecular formula is C9H7F6N. The molecule has 1 nitrogen and oxygen atoms in total. The molecule has 90 valence electrons. The maximum atomic E-state index is 13.4. The third-order valence-electron chi connectivity index (χ3n) is 2.04. The highest BCUT2D eigenvalue weighted by molar-refractivity contribution is 5.41. The number of halogens is 6. The van der Waals surface area contributed by atoms with E-state index in [4.69, 9.17) is 5.73 Å². The van der Waals surface area contributed by atoms with Crippen LogP contribution in [0, 0.1) is 0 Å². The van der Waals surface area contributed by atoms with E-state index >= 15 is 0 Å². The van der Waals surface area contributed by atoms with E-state index in [-0.39, 0.29) is 5.69 Å². The van der Waals surface area contributed by atoms with Crippen molar-refractivity contribution in [2.75, 3.05) is 5.73 Å². The van der Waals surface area contributed by atoms with Gasteiger partial charge in [0.2, 0.25) is 0 Å². The van der Waals surface area contributed by atoms with E-state index in [2.05, 4.69) is 0 Å². The van der Waals surface area contributed by atoms with Crippen LogP contribution in [0.4, 0.5) is 32.0 Å². The van der Waals surface area contributed by atoms with Gasteiger partial charge >= 0.3 is 6.18 Å². The Kier molecular flexibility index (Phi) is 3.07. The van der Waals surface area contributed by atoms with Crippen molar-refractivity contribution in [3.8, 4) is 0 Å². The van der Waals surface area contributed by atoms with E-state index in [9.17, 15) is 26.3 Å². The monoisotopic (exact) mass is 243 g/mol. The average molecular weight is 243 g/mol. The van der Waals surface area contributed by atoms with Crippen molar-refractivity contribution in [1.29, 1.82) is 0 Å². The Labute approximate surface area is 86.9 Å². The summed E-state index contributed by atoms with van der Waals surface area (Å²) in [6.07, 6.45) is -9.88. The summed E-state index contributed by atoms with van der Waals surface area (Å²) in [5.41, 5.74) is -0.607. The fourth-order valence-corrected chi connectivity index (χ4v) is 1.14. The van der Waals surface area contributed by atoms with Crippen LogP contribution in [0.3, 0.4) is 0 Å². The zero-order valence-electron chi connectivity index (χ0n) is 7.73. The van der Waals surface area contributed by atoms with Crippen LogP contribution >= 0.6 is 0 Å². The molecule has 7 heteroatoms. The molecule has 0 heterocycles. The van der Waals surface area contributed by atoms with Gasteiger partial charge in [0.1, 0.15) is 0 Å². The molecule has 16 heavy (non-hydrogen) atoms. The Balaban J connectivity index is 3.28. The predicted octanol–water partition coefficient (Wildman–Crippen LogP) is 3.26. The Morgan fingerprint density at radius 3 is 1.69 bits per heavy atom. The van der Waals surface area contributed by atoms with Gasteiger partial charge in [-0.3, -0.25) is 0 Å². The first-order valence-corrected chi connectivity index (χ1v) is 4.09. The van der Waals surface area contributed by atoms with Gasteiger partial charge < -0.3 is 5.73 Å². The lowest BCUT2D eigenvalue weighted by molar-refractivity contribution is -0.274. The molecule has 0 fully saturated rings. The van der Waals surface area contributed by atoms with E-state index in [1.807, 2.05) is 0 Å². The average Bonchev–Trinajstić information content (AvgIpc) is 2.15. The van der Waals surface area contributed by atoms with Crippen LogP contribution in [0.2, 0.25) is 0 Å². The molecule has 1 aromatic carbocycles. The maximum absolute atomic E-state index is 13.4. The largest absolute Gasteiger partial charge is 0.432 e. The van der Waals surface area contributed by atoms with Crippen molar-refractivity contribution in [2.24, 2.45) is 0 Å². The fraction of sp³-hybridized carbons (Fsp3) is 0.333. The predicted molar refractivity (Wildman–Crippen MR) is 45.7 cm³/mol. The number of hydrogen-bond donors (Lipinski definition) is 1. The molecule has 0 spiro atoms. The minimum Gasteiger partial charge on any atom is -0.399 e. The number of anilines is 1. The van der Waals surface area contributed by atoms with Crippen molar-refractivity contribution in [1.82, 2.24) is 0 Å². The van der Waals surface area contributed by atoms with Gasteiger partial charge in [-0.2, -0.15) is 13.2 Å². The highest BCUT2D eigenvalue weighted by Crippen LogP contribution is 2.46. The van der Waals surface area contributed by atoms with Crippen LogP contribution in [-0.2, 0) is 5.67 Å². The van der Waals surface area contributed by atoms with Crippen LogP contribution in [0.15, 0.2) is 24.3 Å². The smallest absolute Gasteiger partial charge is 0.399 e. The number of rotatable bonds is 2. The molecule has 1 unspecified atom stereocenters. The lowest BCUT2D eigenvalue weighted by Gasteiger charge is -2.27. The molecule has 0 aromatic heterocycles. The molecule has 0 aliphatic rings. The minimum absolute atomic E-state index is 0.0579. The third kappa shape index (κ3) is 1.94. The van der Waals surface area contributed by atoms with Crippen molar-refractivity contribution >= 4 is 5.69 Å². The zero-order chi connectivity index (χ0) is 12.6. The third-order valence-corrected chi connectivity index (χ3v) is 2.04. The van der Waals surface area contributed by atoms with E-state index < -0.39 is 23.8 Å². The van der Waals surface area contributed by atoms with Gasteiger partial charge in [0.15, 0.2) is 0 Å². The van der Waals surface area contributed by atoms with E-state index in [0.29, 0.717) is 12.1 Å². The number of benzene rings is 1. The summed E-state index contributed by atoms with van der Waals surface area (Å²) >= 11 is 0. The summed E-state index contributed by atoms with van der Waals surface area (Å²) in [6, 6.07) is 3.04. The molecule has 0 aliphatic carbocycles. The standard InChI is InChI=1S/C9H7F6N/c10-7(11)8(12,9(13,14)15)5-1-3-6(16)4-2-5/h1-4,7H,16H2. The van der Waals surface area contributed by atoms with E-state index in [1.54, 1.807) is 0 Å². The highest BCUT2D eigenvalue weighted by atomic mass is 19.4. The topological polar surface area (TPSA) is 26.0 Å². The highest BCUT2D eigenvalue weighted by Gasteiger charge is 2.63. The fourth-order valence-electron chi connectivity index (χ4n) is 1.14. The second-order valence-electron chi connectivity index (χ2n) is 3.13. The van der Waals surface area contributed by atoms with Crippen molar-refractivity contribution in [2.45, 2.75) is 18.3 Å². The molecule has 1 rings (SSSR count). The first-order valence-electron chi connectivity index (χ1n) is 4.09. The van der Waals surface area contributed by atoms with Gasteiger partial charge in [0.25, 0.3) is 12.1 Å². The van der Waals surface area contributed by atoms with Gasteiger partial charge in [0.05, 0.1) is 0 Å². The Bertz CT molecular complexity index is 357. The van der Waals surface area contributed by atoms with Gasteiger partial charge in [-0.05, 0) is 12.1 Å². The first kappa shape index (κ1) is 12.7. The molecule has 0 saturated carbocycles. The van der Waals surface area contributed by atoms with Crippen LogP contribution < -0.4 is 5.73 Å². The molecule has 0 saturated heterocycles. The number of nitrogen functional groups attached to an aromatic ring is 1. The molecule has 0 aliphatic heterocycles. The minimum atomic E-state index is -5.68. The Morgan fingerprint density at radius 1 is 0.938 bits per heavy atom. The van der Waals surface area contributed by atoms with Crippen molar-refractivity contribution < 1.29 is 26.3 Å². The second-order valence-corrected chi connectivity index (χ2v) is 3.13. The molecule has 1 aromatic rings. The van der Waals surface area contributed by atoms with Crippen LogP contribution in [0.25, 0.3) is 0 Å². The summed E-state index contributed by atoms with van der Waals surface area (Å²) in [5.74, 6) is 0. The van der Waals surface area contributed by atoms with Gasteiger partial charge in [-0.15, -0.1) is 0 Å². The number of hydrogen-bond acceptors (Lipinski definition) is 1. The van der Waals surface area contributed by atoms with Crippen LogP contribution in [-0.4, -0.2) is 12.6 Å². The van der Waals surface area contributed by atoms with Gasteiger partial charge in [-0.25, -0.2) is 13.2 Å². The summed E-state index contributed by atoms with van der Waals surface area (Å²) < 4.78 is 74.6. The van der Waals surface area contributed by atoms with Gasteiger partial charge in [0, 0.05) is 11.3 Å². The summed E-state index contributed by atoms with van der Waals surface area (Å²) in [7, 11) is 0. The molecular weight excluding hydrogens is 236 g/mol. The zero-order valence-corrected chi connectivity index (χ0v) is 7.73. The van der Waals surface area contributed by atoms with E-state index in [0.717, 1.165) is 12.1 Å². The maximum Gasteiger partial charge on any atom is 0.432 e. The quantitative estimate of drug-likeness (QED) is 0.626. The van der Waals surface area contributed by atoms with Gasteiger partial charge in [-0.1, -0.05) is 12.1 Å². The molecule has 0 radical (unpaired) electrons. The second kappa shape index (κ2) is 3.88. The Morgan fingerprint density at radius 2 is 1.38 bits per heavy atom. The lowest BCUT2D eigenvalue weighted by Crippen LogP contribution is -2.44. The van der Waals surface area contributed by atoms with Crippen molar-refractivity contribution in [3.05, 3.63) is 29.8 Å². The summed E-state index contributed by atoms with van der Waals surface area (Å²) in [4.78, 5) is 0. The van der Waals surface area contributed by atoms with Crippen LogP contribution in [0.1, 0.15) is 5.56 Å². The first-order chi connectivity index (χ1) is 7.19. The van der Waals surface area contributed by atoms with Crippen LogP contribution in [0.5, 0.6) is 0 Å². The van der Waals surface area contributed by atoms with Crippen molar-refractivity contribution in [3.63, 3.8) is 0 Å². The Hall–Kier alpha value is -1.40.